The zero-order valence-electron chi connectivity index (χ0n) is 10.6. The molecule has 1 aromatic rings. The Kier molecular flexibility index (Phi) is 2.73. The fourth-order valence-electron chi connectivity index (χ4n) is 3.44. The number of rotatable bonds is 3. The molecule has 3 atom stereocenters. The molecule has 3 rings (SSSR count). The highest BCUT2D eigenvalue weighted by atomic mass is 16.3. The number of fused-ring (bicyclic) bond motifs is 1. The topological polar surface area (TPSA) is 54.6 Å². The normalized spacial score (nSPS) is 34.3. The van der Waals surface area contributed by atoms with Crippen molar-refractivity contribution >= 4 is 12.1 Å². The van der Waals surface area contributed by atoms with E-state index in [1.165, 1.54) is 31.9 Å². The largest absolute Gasteiger partial charge is 0.463 e. The van der Waals surface area contributed by atoms with Crippen molar-refractivity contribution in [1.82, 2.24) is 5.43 Å². The maximum absolute atomic E-state index is 12.0. The first-order valence-corrected chi connectivity index (χ1v) is 6.58. The van der Waals surface area contributed by atoms with E-state index < -0.39 is 0 Å². The van der Waals surface area contributed by atoms with Gasteiger partial charge in [0.1, 0.15) is 5.76 Å². The van der Waals surface area contributed by atoms with E-state index in [4.69, 9.17) is 4.42 Å². The number of hydrogen-bond donors (Lipinski definition) is 1. The van der Waals surface area contributed by atoms with Crippen LogP contribution in [0.2, 0.25) is 0 Å². The van der Waals surface area contributed by atoms with E-state index in [0.717, 1.165) is 0 Å². The fourth-order valence-corrected chi connectivity index (χ4v) is 3.44. The van der Waals surface area contributed by atoms with Crippen molar-refractivity contribution in [1.29, 1.82) is 0 Å². The number of furan rings is 1. The molecule has 18 heavy (non-hydrogen) atoms. The molecule has 1 heterocycles. The molecule has 0 radical (unpaired) electrons. The molecule has 0 unspecified atom stereocenters. The van der Waals surface area contributed by atoms with Crippen LogP contribution in [-0.4, -0.2) is 12.1 Å². The van der Waals surface area contributed by atoms with Gasteiger partial charge in [-0.1, -0.05) is 19.8 Å². The highest BCUT2D eigenvalue weighted by Gasteiger charge is 2.64. The molecule has 4 nitrogen and oxygen atoms in total. The van der Waals surface area contributed by atoms with Crippen LogP contribution in [0.5, 0.6) is 0 Å². The van der Waals surface area contributed by atoms with Crippen molar-refractivity contribution in [3.05, 3.63) is 24.2 Å². The highest BCUT2D eigenvalue weighted by molar-refractivity contribution is 5.85. The minimum Gasteiger partial charge on any atom is -0.463 e. The lowest BCUT2D eigenvalue weighted by atomic mass is 9.90. The summed E-state index contributed by atoms with van der Waals surface area (Å²) in [5.41, 5.74) is 2.87. The molecule has 2 fully saturated rings. The second-order valence-corrected chi connectivity index (χ2v) is 5.59. The molecule has 2 aliphatic rings. The Labute approximate surface area is 106 Å². The number of hydrogen-bond acceptors (Lipinski definition) is 3. The van der Waals surface area contributed by atoms with Crippen LogP contribution < -0.4 is 5.43 Å². The molecule has 2 saturated carbocycles. The summed E-state index contributed by atoms with van der Waals surface area (Å²) in [6, 6.07) is 3.59. The van der Waals surface area contributed by atoms with Gasteiger partial charge >= 0.3 is 0 Å². The molecule has 0 spiro atoms. The molecule has 0 aliphatic heterocycles. The third-order valence-electron chi connectivity index (χ3n) is 4.52. The quantitative estimate of drug-likeness (QED) is 0.658. The first-order valence-electron chi connectivity index (χ1n) is 6.58. The lowest BCUT2D eigenvalue weighted by Gasteiger charge is -2.15. The molecule has 0 aromatic carbocycles. The van der Waals surface area contributed by atoms with E-state index in [2.05, 4.69) is 17.5 Å². The summed E-state index contributed by atoms with van der Waals surface area (Å²) >= 11 is 0. The Bertz CT molecular complexity index is 466. The minimum atomic E-state index is 0.0622. The summed E-state index contributed by atoms with van der Waals surface area (Å²) in [6.45, 7) is 2.23. The Hall–Kier alpha value is -1.58. The number of nitrogens with one attached hydrogen (secondary N) is 1. The van der Waals surface area contributed by atoms with Gasteiger partial charge < -0.3 is 4.42 Å². The Morgan fingerprint density at radius 1 is 1.61 bits per heavy atom. The molecular weight excluding hydrogens is 228 g/mol. The second-order valence-electron chi connectivity index (χ2n) is 5.59. The Morgan fingerprint density at radius 2 is 2.50 bits per heavy atom. The van der Waals surface area contributed by atoms with Gasteiger partial charge in [0.05, 0.1) is 12.5 Å². The molecule has 1 N–H and O–H groups in total. The van der Waals surface area contributed by atoms with Crippen molar-refractivity contribution in [3.8, 4) is 0 Å². The molecule has 96 valence electrons. The smallest absolute Gasteiger partial charge is 0.244 e. The molecule has 1 aromatic heterocycles. The average Bonchev–Trinajstić information content (AvgIpc) is 2.71. The first kappa shape index (κ1) is 11.5. The summed E-state index contributed by atoms with van der Waals surface area (Å²) in [6.07, 6.45) is 8.01. The van der Waals surface area contributed by atoms with Gasteiger partial charge in [0.25, 0.3) is 0 Å². The van der Waals surface area contributed by atoms with Gasteiger partial charge in [0, 0.05) is 5.92 Å². The zero-order valence-corrected chi connectivity index (χ0v) is 10.6. The van der Waals surface area contributed by atoms with E-state index >= 15 is 0 Å². The number of carbonyl (C=O) groups is 1. The van der Waals surface area contributed by atoms with Gasteiger partial charge in [0.15, 0.2) is 0 Å². The van der Waals surface area contributed by atoms with Crippen LogP contribution in [0.4, 0.5) is 0 Å². The first-order chi connectivity index (χ1) is 8.72. The molecule has 1 amide bonds. The van der Waals surface area contributed by atoms with Crippen molar-refractivity contribution in [2.45, 2.75) is 32.6 Å². The van der Waals surface area contributed by atoms with Crippen molar-refractivity contribution in [3.63, 3.8) is 0 Å². The molecular formula is C14H18N2O2. The summed E-state index contributed by atoms with van der Waals surface area (Å²) in [7, 11) is 0. The van der Waals surface area contributed by atoms with Gasteiger partial charge in [-0.3, -0.25) is 4.79 Å². The summed E-state index contributed by atoms with van der Waals surface area (Å²) in [5.74, 6) is 1.45. The number of carbonyl (C=O) groups excluding carboxylic acids is 1. The SMILES string of the molecule is C[C@]12CCCC[C@@H]1[C@@H]2C(=O)N/N=C\c1ccco1. The molecule has 0 saturated heterocycles. The predicted molar refractivity (Wildman–Crippen MR) is 68.0 cm³/mol. The summed E-state index contributed by atoms with van der Waals surface area (Å²) < 4.78 is 5.11. The van der Waals surface area contributed by atoms with Crippen molar-refractivity contribution < 1.29 is 9.21 Å². The van der Waals surface area contributed by atoms with Crippen molar-refractivity contribution in [2.75, 3.05) is 0 Å². The Morgan fingerprint density at radius 3 is 3.17 bits per heavy atom. The third kappa shape index (κ3) is 1.85. The molecule has 4 heteroatoms. The monoisotopic (exact) mass is 246 g/mol. The van der Waals surface area contributed by atoms with Crippen LogP contribution in [0.15, 0.2) is 27.9 Å². The maximum Gasteiger partial charge on any atom is 0.244 e. The zero-order chi connectivity index (χ0) is 12.6. The van der Waals surface area contributed by atoms with E-state index in [-0.39, 0.29) is 17.2 Å². The number of nitrogens with zero attached hydrogens (tertiary/aromatic N) is 1. The molecule has 0 bridgehead atoms. The van der Waals surface area contributed by atoms with Gasteiger partial charge in [-0.15, -0.1) is 0 Å². The van der Waals surface area contributed by atoms with Crippen LogP contribution in [0.3, 0.4) is 0 Å². The van der Waals surface area contributed by atoms with Gasteiger partial charge in [0.2, 0.25) is 5.91 Å². The molecule has 2 aliphatic carbocycles. The number of amides is 1. The van der Waals surface area contributed by atoms with Crippen LogP contribution in [-0.2, 0) is 4.79 Å². The van der Waals surface area contributed by atoms with Gasteiger partial charge in [-0.05, 0) is 36.3 Å². The highest BCUT2D eigenvalue weighted by Crippen LogP contribution is 2.66. The summed E-state index contributed by atoms with van der Waals surface area (Å²) in [4.78, 5) is 12.0. The van der Waals surface area contributed by atoms with E-state index in [1.54, 1.807) is 18.4 Å². The van der Waals surface area contributed by atoms with E-state index in [0.29, 0.717) is 11.7 Å². The summed E-state index contributed by atoms with van der Waals surface area (Å²) in [5, 5.41) is 3.95. The second kappa shape index (κ2) is 4.26. The minimum absolute atomic E-state index is 0.0622. The van der Waals surface area contributed by atoms with E-state index in [1.807, 2.05) is 0 Å². The van der Waals surface area contributed by atoms with Crippen LogP contribution in [0.25, 0.3) is 0 Å². The number of hydrazone groups is 1. The van der Waals surface area contributed by atoms with Crippen molar-refractivity contribution in [2.24, 2.45) is 22.4 Å². The van der Waals surface area contributed by atoms with Crippen LogP contribution in [0.1, 0.15) is 38.4 Å². The van der Waals surface area contributed by atoms with Crippen LogP contribution in [0, 0.1) is 17.3 Å². The lowest BCUT2D eigenvalue weighted by molar-refractivity contribution is -0.123. The Balaban J connectivity index is 1.57. The van der Waals surface area contributed by atoms with Gasteiger partial charge in [-0.25, -0.2) is 5.43 Å². The third-order valence-corrected chi connectivity index (χ3v) is 4.52. The predicted octanol–water partition coefficient (Wildman–Crippen LogP) is 2.56. The van der Waals surface area contributed by atoms with Gasteiger partial charge in [-0.2, -0.15) is 5.10 Å². The fraction of sp³-hybridized carbons (Fsp3) is 0.571. The lowest BCUT2D eigenvalue weighted by Crippen LogP contribution is -2.22. The van der Waals surface area contributed by atoms with E-state index in [9.17, 15) is 4.79 Å². The standard InChI is InChI=1S/C14H18N2O2/c1-14-7-3-2-6-11(14)12(14)13(17)16-15-9-10-5-4-8-18-10/h4-5,8-9,11-12H,2-3,6-7H2,1H3,(H,16,17)/b15-9-/t11-,12-,14+/m1/s1. The average molecular weight is 246 g/mol. The maximum atomic E-state index is 12.0. The van der Waals surface area contributed by atoms with Crippen LogP contribution >= 0.6 is 0 Å².